The molecular weight excluding hydrogens is 216 g/mol. The molecule has 0 aliphatic rings. The van der Waals surface area contributed by atoms with E-state index >= 15 is 0 Å². The number of carboxylic acid groups (broad SMARTS) is 1. The molecule has 88 valence electrons. The van der Waals surface area contributed by atoms with E-state index in [4.69, 9.17) is 5.11 Å². The van der Waals surface area contributed by atoms with Crippen LogP contribution in [0.3, 0.4) is 0 Å². The van der Waals surface area contributed by atoms with Gasteiger partial charge in [-0.3, -0.25) is 0 Å². The largest absolute Gasteiger partial charge is 0.478 e. The second-order valence-electron chi connectivity index (χ2n) is 3.86. The highest BCUT2D eigenvalue weighted by Crippen LogP contribution is 2.18. The maximum absolute atomic E-state index is 11.1. The third kappa shape index (κ3) is 1.93. The van der Waals surface area contributed by atoms with Crippen LogP contribution in [-0.2, 0) is 6.42 Å². The molecule has 0 bridgehead atoms. The summed E-state index contributed by atoms with van der Waals surface area (Å²) in [4.78, 5) is 11.1. The lowest BCUT2D eigenvalue weighted by atomic mass is 10.1. The van der Waals surface area contributed by atoms with Gasteiger partial charge in [0.2, 0.25) is 0 Å². The number of rotatable bonds is 3. The molecule has 0 aliphatic carbocycles. The summed E-state index contributed by atoms with van der Waals surface area (Å²) < 4.78 is 1.71. The van der Waals surface area contributed by atoms with Gasteiger partial charge in [0.25, 0.3) is 0 Å². The molecule has 0 saturated heterocycles. The Balaban J connectivity index is 2.61. The molecule has 1 aromatic heterocycles. The zero-order valence-electron chi connectivity index (χ0n) is 9.84. The fourth-order valence-corrected chi connectivity index (χ4v) is 1.90. The average molecular weight is 230 g/mol. The Morgan fingerprint density at radius 1 is 1.41 bits per heavy atom. The van der Waals surface area contributed by atoms with Crippen molar-refractivity contribution in [2.45, 2.75) is 20.3 Å². The SMILES string of the molecule is CCc1c(C(=O)O)cnn1-c1ccccc1C. The lowest BCUT2D eigenvalue weighted by Crippen LogP contribution is -2.06. The van der Waals surface area contributed by atoms with Crippen LogP contribution < -0.4 is 0 Å². The summed E-state index contributed by atoms with van der Waals surface area (Å²) in [7, 11) is 0. The van der Waals surface area contributed by atoms with Crippen molar-refractivity contribution in [1.82, 2.24) is 9.78 Å². The monoisotopic (exact) mass is 230 g/mol. The molecule has 0 atom stereocenters. The maximum Gasteiger partial charge on any atom is 0.339 e. The average Bonchev–Trinajstić information content (AvgIpc) is 2.73. The number of hydrogen-bond donors (Lipinski definition) is 1. The molecule has 0 fully saturated rings. The van der Waals surface area contributed by atoms with Crippen molar-refractivity contribution in [1.29, 1.82) is 0 Å². The Morgan fingerprint density at radius 2 is 2.12 bits per heavy atom. The molecule has 2 aromatic rings. The normalized spacial score (nSPS) is 10.5. The molecule has 0 amide bonds. The summed E-state index contributed by atoms with van der Waals surface area (Å²) in [5, 5.41) is 13.2. The van der Waals surface area contributed by atoms with Crippen LogP contribution in [0, 0.1) is 6.92 Å². The van der Waals surface area contributed by atoms with Crippen LogP contribution in [0.25, 0.3) is 5.69 Å². The fraction of sp³-hybridized carbons (Fsp3) is 0.231. The number of carboxylic acids is 1. The summed E-state index contributed by atoms with van der Waals surface area (Å²) >= 11 is 0. The van der Waals surface area contributed by atoms with Gasteiger partial charge >= 0.3 is 5.97 Å². The van der Waals surface area contributed by atoms with E-state index in [9.17, 15) is 4.79 Å². The molecule has 0 unspecified atom stereocenters. The van der Waals surface area contributed by atoms with E-state index in [-0.39, 0.29) is 5.56 Å². The first-order valence-corrected chi connectivity index (χ1v) is 5.51. The second kappa shape index (κ2) is 4.41. The Kier molecular flexibility index (Phi) is 2.95. The first-order chi connectivity index (χ1) is 8.15. The van der Waals surface area contributed by atoms with Crippen LogP contribution in [0.2, 0.25) is 0 Å². The number of aromatic carboxylic acids is 1. The molecule has 4 heteroatoms. The van der Waals surface area contributed by atoms with Gasteiger partial charge in [-0.2, -0.15) is 5.10 Å². The van der Waals surface area contributed by atoms with E-state index < -0.39 is 5.97 Å². The molecule has 17 heavy (non-hydrogen) atoms. The molecular formula is C13H14N2O2. The summed E-state index contributed by atoms with van der Waals surface area (Å²) in [6.07, 6.45) is 2.05. The van der Waals surface area contributed by atoms with Gasteiger partial charge < -0.3 is 5.11 Å². The third-order valence-electron chi connectivity index (χ3n) is 2.78. The molecule has 0 aliphatic heterocycles. The predicted octanol–water partition coefficient (Wildman–Crippen LogP) is 2.44. The summed E-state index contributed by atoms with van der Waals surface area (Å²) in [5.41, 5.74) is 3.00. The van der Waals surface area contributed by atoms with Gasteiger partial charge in [0.1, 0.15) is 5.56 Å². The number of aryl methyl sites for hydroxylation is 1. The molecule has 4 nitrogen and oxygen atoms in total. The highest BCUT2D eigenvalue weighted by Gasteiger charge is 2.16. The van der Waals surface area contributed by atoms with Gasteiger partial charge in [-0.1, -0.05) is 25.1 Å². The first-order valence-electron chi connectivity index (χ1n) is 5.51. The summed E-state index contributed by atoms with van der Waals surface area (Å²) in [6.45, 7) is 3.91. The van der Waals surface area contributed by atoms with E-state index in [1.54, 1.807) is 4.68 Å². The Bertz CT molecular complexity index is 558. The molecule has 0 radical (unpaired) electrons. The minimum atomic E-state index is -0.929. The standard InChI is InChI=1S/C13H14N2O2/c1-3-11-10(13(16)17)8-14-15(11)12-7-5-4-6-9(12)2/h4-8H,3H2,1-2H3,(H,16,17). The van der Waals surface area contributed by atoms with Gasteiger partial charge in [-0.05, 0) is 25.0 Å². The van der Waals surface area contributed by atoms with Gasteiger partial charge in [0.05, 0.1) is 17.6 Å². The lowest BCUT2D eigenvalue weighted by Gasteiger charge is -2.09. The van der Waals surface area contributed by atoms with Crippen molar-refractivity contribution in [3.05, 3.63) is 47.3 Å². The van der Waals surface area contributed by atoms with Gasteiger partial charge in [-0.25, -0.2) is 9.48 Å². The topological polar surface area (TPSA) is 55.1 Å². The van der Waals surface area contributed by atoms with Crippen molar-refractivity contribution in [2.75, 3.05) is 0 Å². The molecule has 2 rings (SSSR count). The molecule has 1 heterocycles. The van der Waals surface area contributed by atoms with Crippen LogP contribution in [0.4, 0.5) is 0 Å². The van der Waals surface area contributed by atoms with Gasteiger partial charge in [0.15, 0.2) is 0 Å². The lowest BCUT2D eigenvalue weighted by molar-refractivity contribution is 0.0695. The highest BCUT2D eigenvalue weighted by molar-refractivity contribution is 5.88. The molecule has 1 N–H and O–H groups in total. The van der Waals surface area contributed by atoms with E-state index in [0.29, 0.717) is 6.42 Å². The van der Waals surface area contributed by atoms with Crippen LogP contribution >= 0.6 is 0 Å². The Hall–Kier alpha value is -2.10. The zero-order chi connectivity index (χ0) is 12.4. The summed E-state index contributed by atoms with van der Waals surface area (Å²) in [6, 6.07) is 7.79. The van der Waals surface area contributed by atoms with Crippen molar-refractivity contribution >= 4 is 5.97 Å². The second-order valence-corrected chi connectivity index (χ2v) is 3.86. The minimum Gasteiger partial charge on any atom is -0.478 e. The number of hydrogen-bond acceptors (Lipinski definition) is 2. The smallest absolute Gasteiger partial charge is 0.339 e. The Morgan fingerprint density at radius 3 is 2.71 bits per heavy atom. The third-order valence-corrected chi connectivity index (χ3v) is 2.78. The van der Waals surface area contributed by atoms with Crippen LogP contribution in [0.1, 0.15) is 28.5 Å². The Labute approximate surface area is 99.5 Å². The number of benzene rings is 1. The predicted molar refractivity (Wildman–Crippen MR) is 64.6 cm³/mol. The van der Waals surface area contributed by atoms with E-state index in [2.05, 4.69) is 5.10 Å². The molecule has 1 aromatic carbocycles. The summed E-state index contributed by atoms with van der Waals surface area (Å²) in [5.74, 6) is -0.929. The van der Waals surface area contributed by atoms with Crippen molar-refractivity contribution in [2.24, 2.45) is 0 Å². The number of nitrogens with zero attached hydrogens (tertiary/aromatic N) is 2. The number of carbonyl (C=O) groups is 1. The van der Waals surface area contributed by atoms with Crippen LogP contribution in [0.5, 0.6) is 0 Å². The highest BCUT2D eigenvalue weighted by atomic mass is 16.4. The zero-order valence-corrected chi connectivity index (χ0v) is 9.84. The first kappa shape index (κ1) is 11.4. The molecule has 0 spiro atoms. The quantitative estimate of drug-likeness (QED) is 0.881. The van der Waals surface area contributed by atoms with E-state index in [1.165, 1.54) is 6.20 Å². The van der Waals surface area contributed by atoms with Gasteiger partial charge in [-0.15, -0.1) is 0 Å². The number of para-hydroxylation sites is 1. The fourth-order valence-electron chi connectivity index (χ4n) is 1.90. The molecule has 0 saturated carbocycles. The van der Waals surface area contributed by atoms with Crippen LogP contribution in [0.15, 0.2) is 30.5 Å². The minimum absolute atomic E-state index is 0.274. The van der Waals surface area contributed by atoms with Crippen molar-refractivity contribution < 1.29 is 9.90 Å². The van der Waals surface area contributed by atoms with Crippen molar-refractivity contribution in [3.63, 3.8) is 0 Å². The van der Waals surface area contributed by atoms with Gasteiger partial charge in [0, 0.05) is 0 Å². The van der Waals surface area contributed by atoms with Crippen LogP contribution in [-0.4, -0.2) is 20.9 Å². The van der Waals surface area contributed by atoms with E-state index in [1.807, 2.05) is 38.1 Å². The number of aromatic nitrogens is 2. The maximum atomic E-state index is 11.1. The van der Waals surface area contributed by atoms with E-state index in [0.717, 1.165) is 16.9 Å². The van der Waals surface area contributed by atoms with Crippen molar-refractivity contribution in [3.8, 4) is 5.69 Å².